The molecule has 0 fully saturated rings. The number of thiazole rings is 1. The Morgan fingerprint density at radius 1 is 1.42 bits per heavy atom. The number of hydrogen-bond acceptors (Lipinski definition) is 3. The highest BCUT2D eigenvalue weighted by Crippen LogP contribution is 2.23. The van der Waals surface area contributed by atoms with Crippen LogP contribution in [0.2, 0.25) is 0 Å². The quantitative estimate of drug-likeness (QED) is 0.935. The van der Waals surface area contributed by atoms with Gasteiger partial charge in [0.25, 0.3) is 0 Å². The van der Waals surface area contributed by atoms with Crippen molar-refractivity contribution >= 4 is 16.3 Å². The molecule has 0 saturated heterocycles. The molecule has 1 unspecified atom stereocenters. The first-order valence-corrected chi connectivity index (χ1v) is 6.88. The maximum absolute atomic E-state index is 12.3. The van der Waals surface area contributed by atoms with Gasteiger partial charge in [0.15, 0.2) is 4.96 Å². The fourth-order valence-corrected chi connectivity index (χ4v) is 3.00. The summed E-state index contributed by atoms with van der Waals surface area (Å²) in [5.41, 5.74) is 2.85. The van der Waals surface area contributed by atoms with Gasteiger partial charge in [0.2, 0.25) is 0 Å². The number of alkyl halides is 3. The number of nitrogens with zero attached hydrogens (tertiary/aromatic N) is 2. The Labute approximate surface area is 113 Å². The van der Waals surface area contributed by atoms with E-state index in [1.54, 1.807) is 6.92 Å². The molecule has 0 spiro atoms. The summed E-state index contributed by atoms with van der Waals surface area (Å²) < 4.78 is 38.8. The molecule has 0 aliphatic heterocycles. The summed E-state index contributed by atoms with van der Waals surface area (Å²) in [6.45, 7) is 5.78. The van der Waals surface area contributed by atoms with E-state index < -0.39 is 18.6 Å². The van der Waals surface area contributed by atoms with Gasteiger partial charge in [-0.25, -0.2) is 4.98 Å². The molecule has 0 bridgehead atoms. The summed E-state index contributed by atoms with van der Waals surface area (Å²) >= 11 is 1.54. The molecular formula is C12H16F3N3S. The van der Waals surface area contributed by atoms with Crippen LogP contribution in [0.15, 0.2) is 5.38 Å². The lowest BCUT2D eigenvalue weighted by Gasteiger charge is -2.16. The van der Waals surface area contributed by atoms with Gasteiger partial charge in [0.1, 0.15) is 0 Å². The molecule has 2 rings (SSSR count). The highest BCUT2D eigenvalue weighted by atomic mass is 32.1. The van der Waals surface area contributed by atoms with E-state index in [9.17, 15) is 13.2 Å². The van der Waals surface area contributed by atoms with Crippen molar-refractivity contribution in [1.29, 1.82) is 0 Å². The second-order valence-corrected chi connectivity index (χ2v) is 5.58. The molecule has 106 valence electrons. The van der Waals surface area contributed by atoms with Crippen LogP contribution in [0.25, 0.3) is 4.96 Å². The molecule has 2 heterocycles. The van der Waals surface area contributed by atoms with Crippen molar-refractivity contribution in [3.05, 3.63) is 22.5 Å². The molecule has 0 aliphatic rings. The number of halogens is 3. The van der Waals surface area contributed by atoms with Crippen molar-refractivity contribution in [2.75, 3.05) is 0 Å². The number of nitrogens with one attached hydrogen (secondary N) is 1. The molecule has 0 aliphatic carbocycles. The Bertz CT molecular complexity index is 571. The van der Waals surface area contributed by atoms with E-state index in [0.29, 0.717) is 6.54 Å². The zero-order valence-corrected chi connectivity index (χ0v) is 11.8. The van der Waals surface area contributed by atoms with Crippen LogP contribution in [0.4, 0.5) is 13.2 Å². The van der Waals surface area contributed by atoms with Gasteiger partial charge < -0.3 is 5.32 Å². The Morgan fingerprint density at radius 3 is 2.74 bits per heavy atom. The van der Waals surface area contributed by atoms with Gasteiger partial charge in [-0.05, 0) is 20.8 Å². The fraction of sp³-hybridized carbons (Fsp3) is 0.583. The minimum Gasteiger partial charge on any atom is -0.308 e. The van der Waals surface area contributed by atoms with Gasteiger partial charge in [-0.2, -0.15) is 13.2 Å². The molecule has 2 aromatic rings. The first-order chi connectivity index (χ1) is 8.78. The van der Waals surface area contributed by atoms with Crippen molar-refractivity contribution in [3.8, 4) is 0 Å². The van der Waals surface area contributed by atoms with E-state index in [0.717, 1.165) is 22.0 Å². The second-order valence-electron chi connectivity index (χ2n) is 4.74. The Morgan fingerprint density at radius 2 is 2.11 bits per heavy atom. The molecular weight excluding hydrogens is 275 g/mol. The second kappa shape index (κ2) is 5.13. The summed E-state index contributed by atoms with van der Waals surface area (Å²) in [7, 11) is 0. The van der Waals surface area contributed by atoms with Crippen LogP contribution in [0.3, 0.4) is 0 Å². The van der Waals surface area contributed by atoms with Crippen LogP contribution in [-0.4, -0.2) is 21.6 Å². The number of fused-ring (bicyclic) bond motifs is 1. The van der Waals surface area contributed by atoms with Crippen LogP contribution in [0, 0.1) is 13.8 Å². The van der Waals surface area contributed by atoms with Crippen LogP contribution in [0.5, 0.6) is 0 Å². The lowest BCUT2D eigenvalue weighted by molar-refractivity contribution is -0.139. The summed E-state index contributed by atoms with van der Waals surface area (Å²) in [5.74, 6) is 0. The normalized spacial score (nSPS) is 14.2. The average Bonchev–Trinajstić information content (AvgIpc) is 2.74. The lowest BCUT2D eigenvalue weighted by atomic mass is 10.2. The first kappa shape index (κ1) is 14.3. The lowest BCUT2D eigenvalue weighted by Crippen LogP contribution is -2.31. The van der Waals surface area contributed by atoms with E-state index in [1.807, 2.05) is 23.6 Å². The van der Waals surface area contributed by atoms with Crippen LogP contribution >= 0.6 is 11.3 Å². The van der Waals surface area contributed by atoms with Gasteiger partial charge >= 0.3 is 6.18 Å². The highest BCUT2D eigenvalue weighted by molar-refractivity contribution is 7.15. The van der Waals surface area contributed by atoms with Crippen molar-refractivity contribution in [1.82, 2.24) is 14.7 Å². The summed E-state index contributed by atoms with van der Waals surface area (Å²) in [6.07, 6.45) is -4.96. The smallest absolute Gasteiger partial charge is 0.308 e. The summed E-state index contributed by atoms with van der Waals surface area (Å²) in [4.78, 5) is 5.29. The van der Waals surface area contributed by atoms with Crippen molar-refractivity contribution in [2.45, 2.75) is 46.0 Å². The minimum absolute atomic E-state index is 0.391. The molecule has 0 amide bonds. The third-order valence-electron chi connectivity index (χ3n) is 2.99. The predicted molar refractivity (Wildman–Crippen MR) is 69.5 cm³/mol. The molecule has 1 atom stereocenters. The average molecular weight is 291 g/mol. The Kier molecular flexibility index (Phi) is 3.87. The van der Waals surface area contributed by atoms with E-state index in [1.165, 1.54) is 11.3 Å². The summed E-state index contributed by atoms with van der Waals surface area (Å²) in [6, 6.07) is -0.608. The molecule has 3 nitrogen and oxygen atoms in total. The molecule has 1 N–H and O–H groups in total. The molecule has 2 aromatic heterocycles. The van der Waals surface area contributed by atoms with Gasteiger partial charge in [-0.1, -0.05) is 0 Å². The van der Waals surface area contributed by atoms with Gasteiger partial charge in [0.05, 0.1) is 17.8 Å². The van der Waals surface area contributed by atoms with Gasteiger partial charge in [-0.3, -0.25) is 4.40 Å². The predicted octanol–water partition coefficient (Wildman–Crippen LogP) is 3.44. The van der Waals surface area contributed by atoms with Crippen molar-refractivity contribution in [2.24, 2.45) is 0 Å². The van der Waals surface area contributed by atoms with Crippen LogP contribution in [-0.2, 0) is 6.54 Å². The third-order valence-corrected chi connectivity index (χ3v) is 3.93. The topological polar surface area (TPSA) is 29.3 Å². The number of rotatable bonds is 4. The SMILES string of the molecule is Cc1nc2scc(C)n2c1CNC(C)CC(F)(F)F. The Hall–Kier alpha value is -1.08. The Balaban J connectivity index is 2.09. The number of aryl methyl sites for hydroxylation is 2. The van der Waals surface area contributed by atoms with E-state index in [4.69, 9.17) is 0 Å². The molecule has 0 aromatic carbocycles. The molecule has 0 saturated carbocycles. The molecule has 7 heteroatoms. The van der Waals surface area contributed by atoms with Gasteiger partial charge in [0, 0.05) is 23.7 Å². The van der Waals surface area contributed by atoms with Gasteiger partial charge in [-0.15, -0.1) is 11.3 Å². The van der Waals surface area contributed by atoms with Crippen molar-refractivity contribution in [3.63, 3.8) is 0 Å². The number of hydrogen-bond donors (Lipinski definition) is 1. The first-order valence-electron chi connectivity index (χ1n) is 6.00. The fourth-order valence-electron chi connectivity index (χ4n) is 2.07. The van der Waals surface area contributed by atoms with E-state index in [-0.39, 0.29) is 0 Å². The van der Waals surface area contributed by atoms with E-state index in [2.05, 4.69) is 10.3 Å². The number of imidazole rings is 1. The maximum Gasteiger partial charge on any atom is 0.390 e. The van der Waals surface area contributed by atoms with E-state index >= 15 is 0 Å². The largest absolute Gasteiger partial charge is 0.390 e. The number of aromatic nitrogens is 2. The molecule has 0 radical (unpaired) electrons. The standard InChI is InChI=1S/C12H16F3N3S/c1-7(4-12(13,14)15)16-5-10-9(3)17-11-18(10)8(2)6-19-11/h6-7,16H,4-5H2,1-3H3. The third kappa shape index (κ3) is 3.27. The van der Waals surface area contributed by atoms with Crippen LogP contribution in [0.1, 0.15) is 30.4 Å². The summed E-state index contributed by atoms with van der Waals surface area (Å²) in [5, 5.41) is 4.91. The monoisotopic (exact) mass is 291 g/mol. The highest BCUT2D eigenvalue weighted by Gasteiger charge is 2.29. The molecule has 19 heavy (non-hydrogen) atoms. The zero-order valence-electron chi connectivity index (χ0n) is 11.0. The minimum atomic E-state index is -4.13. The van der Waals surface area contributed by atoms with Crippen molar-refractivity contribution < 1.29 is 13.2 Å². The maximum atomic E-state index is 12.3. The zero-order chi connectivity index (χ0) is 14.2. The van der Waals surface area contributed by atoms with Crippen LogP contribution < -0.4 is 5.32 Å².